The van der Waals surface area contributed by atoms with Crippen molar-refractivity contribution >= 4 is 11.7 Å². The first-order valence-corrected chi connectivity index (χ1v) is 20.7. The highest BCUT2D eigenvalue weighted by molar-refractivity contribution is 5.83. The summed E-state index contributed by atoms with van der Waals surface area (Å²) >= 11 is 0. The van der Waals surface area contributed by atoms with Crippen molar-refractivity contribution in [3.05, 3.63) is 0 Å². The van der Waals surface area contributed by atoms with Crippen LogP contribution in [0.25, 0.3) is 0 Å². The summed E-state index contributed by atoms with van der Waals surface area (Å²) < 4.78 is 0. The number of unbranched alkanes of at least 4 members (excludes halogenated alkanes) is 6. The van der Waals surface area contributed by atoms with Crippen LogP contribution >= 0.6 is 0 Å². The SMILES string of the molecule is CC(C)CC(C#N)C(C)C.CC(C)CC(C(=O)NCCCCCN)C(C)C.CC(C)CC(C(N)=NCCCCCN)C(C)C.NCCCCCN.O. The van der Waals surface area contributed by atoms with Crippen LogP contribution in [-0.2, 0) is 4.79 Å². The molecule has 0 aliphatic rings. The van der Waals surface area contributed by atoms with Crippen LogP contribution in [0.5, 0.6) is 0 Å². The Labute approximate surface area is 324 Å². The highest BCUT2D eigenvalue weighted by Crippen LogP contribution is 2.22. The number of carbonyl (C=O) groups excluding carboxylic acids is 1. The highest BCUT2D eigenvalue weighted by atomic mass is 16.1. The van der Waals surface area contributed by atoms with E-state index in [0.29, 0.717) is 41.4 Å². The number of carbonyl (C=O) groups is 1. The van der Waals surface area contributed by atoms with Crippen molar-refractivity contribution in [2.24, 2.45) is 86.9 Å². The molecule has 0 aromatic carbocycles. The highest BCUT2D eigenvalue weighted by Gasteiger charge is 2.22. The van der Waals surface area contributed by atoms with Crippen molar-refractivity contribution in [2.45, 2.75) is 160 Å². The van der Waals surface area contributed by atoms with Crippen molar-refractivity contribution in [1.82, 2.24) is 5.32 Å². The molecule has 10 nitrogen and oxygen atoms in total. The third kappa shape index (κ3) is 42.6. The van der Waals surface area contributed by atoms with E-state index in [2.05, 4.69) is 99.5 Å². The van der Waals surface area contributed by atoms with E-state index in [-0.39, 0.29) is 23.2 Å². The van der Waals surface area contributed by atoms with E-state index in [0.717, 1.165) is 116 Å². The molecule has 314 valence electrons. The van der Waals surface area contributed by atoms with Crippen molar-refractivity contribution < 1.29 is 10.3 Å². The summed E-state index contributed by atoms with van der Waals surface area (Å²) in [5.74, 6) is 5.31. The summed E-state index contributed by atoms with van der Waals surface area (Å²) in [4.78, 5) is 16.5. The van der Waals surface area contributed by atoms with E-state index in [1.807, 2.05) is 0 Å². The van der Waals surface area contributed by atoms with Gasteiger partial charge in [-0.15, -0.1) is 0 Å². The van der Waals surface area contributed by atoms with Gasteiger partial charge in [0, 0.05) is 30.8 Å². The Morgan fingerprint density at radius 1 is 0.577 bits per heavy atom. The van der Waals surface area contributed by atoms with Crippen molar-refractivity contribution in [2.75, 3.05) is 39.3 Å². The van der Waals surface area contributed by atoms with Gasteiger partial charge in [-0.05, 0) is 119 Å². The van der Waals surface area contributed by atoms with Crippen molar-refractivity contribution in [3.63, 3.8) is 0 Å². The predicted octanol–water partition coefficient (Wildman–Crippen LogP) is 7.42. The smallest absolute Gasteiger partial charge is 0.223 e. The molecule has 0 aromatic heterocycles. The first-order chi connectivity index (χ1) is 24.0. The normalized spacial score (nSPS) is 13.0. The monoisotopic (exact) mass is 743 g/mol. The maximum atomic E-state index is 12.0. The van der Waals surface area contributed by atoms with Gasteiger partial charge in [0.15, 0.2) is 0 Å². The Morgan fingerprint density at radius 2 is 0.962 bits per heavy atom. The molecule has 0 heterocycles. The number of nitriles is 1. The lowest BCUT2D eigenvalue weighted by Gasteiger charge is -2.22. The first kappa shape index (κ1) is 59.5. The number of amides is 1. The maximum absolute atomic E-state index is 12.0. The Hall–Kier alpha value is -1.77. The molecule has 0 saturated carbocycles. The van der Waals surface area contributed by atoms with Crippen LogP contribution in [0.15, 0.2) is 4.99 Å². The number of amidine groups is 1. The van der Waals surface area contributed by atoms with Gasteiger partial charge in [-0.1, -0.05) is 102 Å². The second kappa shape index (κ2) is 42.0. The minimum atomic E-state index is 0. The fourth-order valence-electron chi connectivity index (χ4n) is 5.43. The fraction of sp³-hybridized carbons (Fsp3) is 0.929. The number of nitrogens with two attached hydrogens (primary N) is 5. The molecule has 0 radical (unpaired) electrons. The molecule has 0 saturated heterocycles. The first-order valence-electron chi connectivity index (χ1n) is 20.7. The van der Waals surface area contributed by atoms with E-state index < -0.39 is 0 Å². The Kier molecular flexibility index (Phi) is 48.0. The number of rotatable bonds is 25. The van der Waals surface area contributed by atoms with Crippen LogP contribution < -0.4 is 34.0 Å². The topological polar surface area (TPSA) is 227 Å². The number of nitrogens with one attached hydrogen (secondary N) is 1. The average Bonchev–Trinajstić information content (AvgIpc) is 3.05. The molecule has 0 aliphatic heterocycles. The van der Waals surface area contributed by atoms with E-state index in [4.69, 9.17) is 33.9 Å². The zero-order valence-electron chi connectivity index (χ0n) is 36.6. The van der Waals surface area contributed by atoms with Gasteiger partial charge in [-0.3, -0.25) is 9.79 Å². The summed E-state index contributed by atoms with van der Waals surface area (Å²) in [7, 11) is 0. The van der Waals surface area contributed by atoms with Crippen LogP contribution in [0.4, 0.5) is 0 Å². The van der Waals surface area contributed by atoms with Crippen LogP contribution in [0, 0.1) is 64.6 Å². The molecule has 0 aliphatic carbocycles. The minimum absolute atomic E-state index is 0. The molecule has 3 atom stereocenters. The van der Waals surface area contributed by atoms with E-state index in [9.17, 15) is 4.79 Å². The van der Waals surface area contributed by atoms with E-state index >= 15 is 0 Å². The summed E-state index contributed by atoms with van der Waals surface area (Å²) in [5.41, 5.74) is 27.4. The van der Waals surface area contributed by atoms with Crippen molar-refractivity contribution in [1.29, 1.82) is 5.26 Å². The van der Waals surface area contributed by atoms with Crippen LogP contribution in [0.3, 0.4) is 0 Å². The lowest BCUT2D eigenvalue weighted by Crippen LogP contribution is -2.35. The van der Waals surface area contributed by atoms with E-state index in [1.165, 1.54) is 6.42 Å². The predicted molar refractivity (Wildman–Crippen MR) is 230 cm³/mol. The van der Waals surface area contributed by atoms with Crippen LogP contribution in [-0.4, -0.2) is 56.5 Å². The van der Waals surface area contributed by atoms with Gasteiger partial charge < -0.3 is 39.5 Å². The number of nitrogens with zero attached hydrogens (tertiary/aromatic N) is 2. The van der Waals surface area contributed by atoms with Gasteiger partial charge in [0.25, 0.3) is 0 Å². The molecule has 13 N–H and O–H groups in total. The fourth-order valence-corrected chi connectivity index (χ4v) is 5.43. The lowest BCUT2D eigenvalue weighted by molar-refractivity contribution is -0.126. The second-order valence-electron chi connectivity index (χ2n) is 16.5. The molecule has 10 heteroatoms. The molecule has 3 unspecified atom stereocenters. The lowest BCUT2D eigenvalue weighted by atomic mass is 9.87. The average molecular weight is 743 g/mol. The zero-order chi connectivity index (χ0) is 40.2. The second-order valence-corrected chi connectivity index (χ2v) is 16.5. The van der Waals surface area contributed by atoms with Crippen molar-refractivity contribution in [3.8, 4) is 6.07 Å². The van der Waals surface area contributed by atoms with Gasteiger partial charge in [-0.25, -0.2) is 0 Å². The molecule has 52 heavy (non-hydrogen) atoms. The number of hydrogen-bond donors (Lipinski definition) is 6. The van der Waals surface area contributed by atoms with Gasteiger partial charge in [0.1, 0.15) is 0 Å². The summed E-state index contributed by atoms with van der Waals surface area (Å²) in [6.45, 7) is 30.8. The molecule has 0 spiro atoms. The number of aliphatic imine (C=N–C) groups is 1. The Bertz CT molecular complexity index is 806. The quantitative estimate of drug-likeness (QED) is 0.0315. The molecular weight excluding hydrogens is 649 g/mol. The summed E-state index contributed by atoms with van der Waals surface area (Å²) in [6, 6.07) is 2.33. The summed E-state index contributed by atoms with van der Waals surface area (Å²) in [5, 5.41) is 11.7. The van der Waals surface area contributed by atoms with E-state index in [1.54, 1.807) is 0 Å². The van der Waals surface area contributed by atoms with Gasteiger partial charge in [0.2, 0.25) is 5.91 Å². The Balaban J connectivity index is -0.000000198. The molecule has 0 bridgehead atoms. The van der Waals surface area contributed by atoms with Gasteiger partial charge in [-0.2, -0.15) is 5.26 Å². The number of hydrogen-bond acceptors (Lipinski definition) is 7. The standard InChI is InChI=1S/C14H31N3.C14H30N2O.C9H17N.C5H14N2.H2O/c1-11(2)10-13(12(3)4)14(16)17-9-7-5-6-8-15;1-11(2)10-13(12(3)4)14(17)16-9-7-5-6-8-15;1-7(2)5-9(6-10)8(3)4;6-4-2-1-3-5-7;/h11-13H,5-10,15H2,1-4H3,(H2,16,17);11-13H,5-10,15H2,1-4H3,(H,16,17);7-9H,5H2,1-4H3;1-7H2;1H2. The molecule has 0 fully saturated rings. The largest absolute Gasteiger partial charge is 0.412 e. The van der Waals surface area contributed by atoms with Gasteiger partial charge >= 0.3 is 0 Å². The molecular formula is C42H94N8O2. The van der Waals surface area contributed by atoms with Crippen LogP contribution in [0.2, 0.25) is 0 Å². The molecule has 0 rings (SSSR count). The summed E-state index contributed by atoms with van der Waals surface area (Å²) in [6.07, 6.45) is 13.1. The van der Waals surface area contributed by atoms with Gasteiger partial charge in [0.05, 0.1) is 11.9 Å². The minimum Gasteiger partial charge on any atom is -0.412 e. The third-order valence-corrected chi connectivity index (χ3v) is 8.72. The maximum Gasteiger partial charge on any atom is 0.223 e. The molecule has 1 amide bonds. The third-order valence-electron chi connectivity index (χ3n) is 8.72. The Morgan fingerprint density at radius 3 is 1.29 bits per heavy atom. The molecule has 0 aromatic rings. The van der Waals surface area contributed by atoms with Crippen LogP contribution in [0.1, 0.15) is 160 Å². The zero-order valence-corrected chi connectivity index (χ0v) is 36.6.